The van der Waals surface area contributed by atoms with Gasteiger partial charge in [-0.15, -0.1) is 0 Å². The highest BCUT2D eigenvalue weighted by Gasteiger charge is 2.25. The fourth-order valence-electron chi connectivity index (χ4n) is 1.19. The lowest BCUT2D eigenvalue weighted by molar-refractivity contribution is -0.128. The first-order chi connectivity index (χ1) is 8.26. The van der Waals surface area contributed by atoms with E-state index in [0.29, 0.717) is 0 Å². The van der Waals surface area contributed by atoms with E-state index in [1.807, 2.05) is 0 Å². The van der Waals surface area contributed by atoms with E-state index >= 15 is 0 Å². The van der Waals surface area contributed by atoms with Gasteiger partial charge < -0.3 is 9.88 Å². The second-order valence-corrected chi connectivity index (χ2v) is 5.94. The van der Waals surface area contributed by atoms with Crippen molar-refractivity contribution in [3.05, 3.63) is 28.7 Å². The number of H-pyrrole nitrogens is 1. The molecule has 1 N–H and O–H groups in total. The molecule has 18 heavy (non-hydrogen) atoms. The molecular weight excluding hydrogens is 258 g/mol. The van der Waals surface area contributed by atoms with Crippen LogP contribution in [0.15, 0.2) is 28.2 Å². The standard InChI is InChI=1S/C10H15N3O4S/c1-12(2)10(15)7-13(3)18(16,17)9-6-11-5-4-8(9)14/h4-6H,7H2,1-3H3,(H,11,14). The van der Waals surface area contributed by atoms with Crippen LogP contribution in [-0.4, -0.2) is 56.2 Å². The second kappa shape index (κ2) is 5.32. The highest BCUT2D eigenvalue weighted by Crippen LogP contribution is 2.08. The molecule has 1 amide bonds. The lowest BCUT2D eigenvalue weighted by Crippen LogP contribution is -2.39. The number of likely N-dealkylation sites (N-methyl/N-ethyl adjacent to an activating group) is 2. The average Bonchev–Trinajstić information content (AvgIpc) is 2.28. The van der Waals surface area contributed by atoms with E-state index in [1.54, 1.807) is 0 Å². The molecule has 0 spiro atoms. The van der Waals surface area contributed by atoms with Crippen molar-refractivity contribution in [1.82, 2.24) is 14.2 Å². The fourth-order valence-corrected chi connectivity index (χ4v) is 2.34. The van der Waals surface area contributed by atoms with Crippen LogP contribution in [0.5, 0.6) is 0 Å². The molecule has 0 fully saturated rings. The van der Waals surface area contributed by atoms with Crippen LogP contribution in [0.3, 0.4) is 0 Å². The van der Waals surface area contributed by atoms with Gasteiger partial charge in [-0.25, -0.2) is 8.42 Å². The Hall–Kier alpha value is -1.67. The number of hydrogen-bond donors (Lipinski definition) is 1. The number of amides is 1. The first-order valence-electron chi connectivity index (χ1n) is 5.10. The zero-order chi connectivity index (χ0) is 13.9. The van der Waals surface area contributed by atoms with Crippen molar-refractivity contribution in [2.45, 2.75) is 4.90 Å². The summed E-state index contributed by atoms with van der Waals surface area (Å²) in [5.74, 6) is -0.367. The number of carbonyl (C=O) groups excluding carboxylic acids is 1. The van der Waals surface area contributed by atoms with Crippen molar-refractivity contribution in [1.29, 1.82) is 0 Å². The van der Waals surface area contributed by atoms with Crippen LogP contribution >= 0.6 is 0 Å². The van der Waals surface area contributed by atoms with Crippen LogP contribution in [0.4, 0.5) is 0 Å². The van der Waals surface area contributed by atoms with Gasteiger partial charge in [0, 0.05) is 39.6 Å². The molecule has 0 atom stereocenters. The van der Waals surface area contributed by atoms with E-state index in [4.69, 9.17) is 0 Å². The summed E-state index contributed by atoms with van der Waals surface area (Å²) < 4.78 is 24.9. The molecule has 1 aromatic rings. The number of nitrogens with one attached hydrogen (secondary N) is 1. The maximum Gasteiger partial charge on any atom is 0.248 e. The summed E-state index contributed by atoms with van der Waals surface area (Å²) in [5.41, 5.74) is -0.613. The fraction of sp³-hybridized carbons (Fsp3) is 0.400. The molecule has 0 radical (unpaired) electrons. The molecule has 1 aromatic heterocycles. The summed E-state index contributed by atoms with van der Waals surface area (Å²) in [5, 5.41) is 0. The van der Waals surface area contributed by atoms with Gasteiger partial charge in [-0.05, 0) is 0 Å². The zero-order valence-corrected chi connectivity index (χ0v) is 11.2. The van der Waals surface area contributed by atoms with Crippen molar-refractivity contribution in [2.24, 2.45) is 0 Å². The highest BCUT2D eigenvalue weighted by molar-refractivity contribution is 7.89. The van der Waals surface area contributed by atoms with Crippen LogP contribution in [0.25, 0.3) is 0 Å². The predicted octanol–water partition coefficient (Wildman–Crippen LogP) is -0.916. The van der Waals surface area contributed by atoms with E-state index in [9.17, 15) is 18.0 Å². The topological polar surface area (TPSA) is 90.6 Å². The third-order valence-electron chi connectivity index (χ3n) is 2.33. The van der Waals surface area contributed by atoms with Crippen LogP contribution in [0.1, 0.15) is 0 Å². The number of nitrogens with zero attached hydrogens (tertiary/aromatic N) is 2. The maximum absolute atomic E-state index is 12.0. The third kappa shape index (κ3) is 2.96. The molecule has 0 saturated carbocycles. The van der Waals surface area contributed by atoms with Gasteiger partial charge >= 0.3 is 0 Å². The van der Waals surface area contributed by atoms with Crippen LogP contribution in [0.2, 0.25) is 0 Å². The number of pyridine rings is 1. The molecule has 7 nitrogen and oxygen atoms in total. The Morgan fingerprint density at radius 3 is 2.44 bits per heavy atom. The van der Waals surface area contributed by atoms with Crippen molar-refractivity contribution in [3.63, 3.8) is 0 Å². The summed E-state index contributed by atoms with van der Waals surface area (Å²) in [6, 6.07) is 1.12. The van der Waals surface area contributed by atoms with E-state index < -0.39 is 15.5 Å². The van der Waals surface area contributed by atoms with Crippen molar-refractivity contribution in [3.8, 4) is 0 Å². The van der Waals surface area contributed by atoms with E-state index in [2.05, 4.69) is 4.98 Å². The Bertz CT molecular complexity index is 591. The Labute approximate surface area is 105 Å². The van der Waals surface area contributed by atoms with E-state index in [0.717, 1.165) is 16.6 Å². The first-order valence-corrected chi connectivity index (χ1v) is 6.54. The maximum atomic E-state index is 12.0. The minimum Gasteiger partial charge on any atom is -0.366 e. The van der Waals surface area contributed by atoms with Crippen molar-refractivity contribution < 1.29 is 13.2 Å². The molecule has 0 aliphatic rings. The SMILES string of the molecule is CN(C)C(=O)CN(C)S(=O)(=O)c1c[nH]ccc1=O. The van der Waals surface area contributed by atoms with Gasteiger partial charge in [0.2, 0.25) is 21.4 Å². The number of carbonyl (C=O) groups is 1. The van der Waals surface area contributed by atoms with Gasteiger partial charge in [0.15, 0.2) is 0 Å². The van der Waals surface area contributed by atoms with Crippen molar-refractivity contribution >= 4 is 15.9 Å². The normalized spacial score (nSPS) is 11.6. The Morgan fingerprint density at radius 1 is 1.33 bits per heavy atom. The van der Waals surface area contributed by atoms with E-state index in [1.165, 1.54) is 32.2 Å². The van der Waals surface area contributed by atoms with Crippen LogP contribution in [0, 0.1) is 0 Å². The minimum atomic E-state index is -3.96. The molecule has 0 unspecified atom stereocenters. The Morgan fingerprint density at radius 2 is 1.94 bits per heavy atom. The molecule has 0 aliphatic heterocycles. The molecular formula is C10H15N3O4S. The summed E-state index contributed by atoms with van der Waals surface area (Å²) in [7, 11) is 0.349. The summed E-state index contributed by atoms with van der Waals surface area (Å²) in [6.45, 7) is -0.316. The molecule has 1 rings (SSSR count). The lowest BCUT2D eigenvalue weighted by Gasteiger charge is -2.18. The van der Waals surface area contributed by atoms with Crippen LogP contribution in [-0.2, 0) is 14.8 Å². The second-order valence-electron chi connectivity index (χ2n) is 3.92. The van der Waals surface area contributed by atoms with Crippen LogP contribution < -0.4 is 5.43 Å². The molecule has 0 saturated heterocycles. The molecule has 8 heteroatoms. The molecule has 100 valence electrons. The number of hydrogen-bond acceptors (Lipinski definition) is 4. The largest absolute Gasteiger partial charge is 0.366 e. The quantitative estimate of drug-likeness (QED) is 0.768. The predicted molar refractivity (Wildman–Crippen MR) is 65.6 cm³/mol. The van der Waals surface area contributed by atoms with Crippen molar-refractivity contribution in [2.75, 3.05) is 27.7 Å². The van der Waals surface area contributed by atoms with Gasteiger partial charge in [-0.3, -0.25) is 9.59 Å². The molecule has 1 heterocycles. The monoisotopic (exact) mass is 273 g/mol. The highest BCUT2D eigenvalue weighted by atomic mass is 32.2. The van der Waals surface area contributed by atoms with Gasteiger partial charge in [0.1, 0.15) is 4.90 Å². The summed E-state index contributed by atoms with van der Waals surface area (Å²) in [4.78, 5) is 26.4. The summed E-state index contributed by atoms with van der Waals surface area (Å²) >= 11 is 0. The first kappa shape index (κ1) is 14.4. The smallest absolute Gasteiger partial charge is 0.248 e. The van der Waals surface area contributed by atoms with Gasteiger partial charge in [0.25, 0.3) is 0 Å². The molecule has 0 bridgehead atoms. The molecule has 0 aliphatic carbocycles. The Balaban J connectivity index is 3.05. The summed E-state index contributed by atoms with van der Waals surface area (Å²) in [6.07, 6.45) is 2.45. The number of aromatic amines is 1. The van der Waals surface area contributed by atoms with Gasteiger partial charge in [-0.2, -0.15) is 4.31 Å². The lowest BCUT2D eigenvalue weighted by atomic mass is 10.5. The molecule has 0 aromatic carbocycles. The van der Waals surface area contributed by atoms with Gasteiger partial charge in [-0.1, -0.05) is 0 Å². The minimum absolute atomic E-state index is 0.316. The van der Waals surface area contributed by atoms with E-state index in [-0.39, 0.29) is 17.3 Å². The third-order valence-corrected chi connectivity index (χ3v) is 4.16. The number of aromatic nitrogens is 1. The average molecular weight is 273 g/mol. The Kier molecular flexibility index (Phi) is 4.25. The number of rotatable bonds is 4. The zero-order valence-electron chi connectivity index (χ0n) is 10.4. The van der Waals surface area contributed by atoms with Gasteiger partial charge in [0.05, 0.1) is 6.54 Å². The number of sulfonamides is 1.